The number of H-pyrrole nitrogens is 1. The lowest BCUT2D eigenvalue weighted by molar-refractivity contribution is -0.402. The smallest absolute Gasteiger partial charge is 0.389 e. The average Bonchev–Trinajstić information content (AvgIpc) is 2.30. The number of aromatic amines is 1. The van der Waals surface area contributed by atoms with Gasteiger partial charge in [0.15, 0.2) is 0 Å². The summed E-state index contributed by atoms with van der Waals surface area (Å²) in [6.45, 7) is 0. The average molecular weight is 284 g/mol. The number of imidazole rings is 1. The maximum absolute atomic E-state index is 10.2. The molecule has 1 aromatic heterocycles. The van der Waals surface area contributed by atoms with Crippen LogP contribution in [-0.2, 0) is 0 Å². The zero-order chi connectivity index (χ0) is 9.30. The number of halogens is 1. The van der Waals surface area contributed by atoms with Crippen LogP contribution >= 0.6 is 22.6 Å². The zero-order valence-electron chi connectivity index (χ0n) is 5.35. The summed E-state index contributed by atoms with van der Waals surface area (Å²) in [4.78, 5) is 23.9. The maximum Gasteiger partial charge on any atom is 0.465 e. The number of aromatic nitrogens is 2. The summed E-state index contributed by atoms with van der Waals surface area (Å²) >= 11 is 1.54. The molecule has 64 valence electrons. The van der Waals surface area contributed by atoms with Gasteiger partial charge in [-0.2, -0.15) is 4.98 Å². The molecular weight excluding hydrogens is 283 g/mol. The van der Waals surface area contributed by atoms with E-state index in [9.17, 15) is 20.2 Å². The van der Waals surface area contributed by atoms with Crippen molar-refractivity contribution >= 4 is 34.4 Å². The highest BCUT2D eigenvalue weighted by Crippen LogP contribution is 2.20. The first kappa shape index (κ1) is 8.83. The molecule has 0 aromatic carbocycles. The van der Waals surface area contributed by atoms with Crippen molar-refractivity contribution in [3.8, 4) is 0 Å². The molecule has 0 bridgehead atoms. The number of nitrogens with one attached hydrogen (secondary N) is 1. The molecule has 0 saturated carbocycles. The van der Waals surface area contributed by atoms with Gasteiger partial charge in [-0.05, 0) is 14.8 Å². The monoisotopic (exact) mass is 284 g/mol. The molecule has 0 aliphatic carbocycles. The van der Waals surface area contributed by atoms with Crippen molar-refractivity contribution in [2.75, 3.05) is 0 Å². The van der Waals surface area contributed by atoms with Crippen molar-refractivity contribution in [2.45, 2.75) is 0 Å². The van der Waals surface area contributed by atoms with Gasteiger partial charge in [0.05, 0.1) is 0 Å². The largest absolute Gasteiger partial charge is 0.465 e. The third-order valence-corrected chi connectivity index (χ3v) is 1.74. The Labute approximate surface area is 78.4 Å². The lowest BCUT2D eigenvalue weighted by atomic mass is 10.8. The van der Waals surface area contributed by atoms with E-state index in [0.29, 0.717) is 0 Å². The van der Waals surface area contributed by atoms with E-state index in [0.717, 1.165) is 0 Å². The van der Waals surface area contributed by atoms with Gasteiger partial charge in [-0.3, -0.25) is 0 Å². The molecule has 0 aliphatic heterocycles. The lowest BCUT2D eigenvalue weighted by Crippen LogP contribution is -1.91. The minimum Gasteiger partial charge on any atom is -0.389 e. The topological polar surface area (TPSA) is 115 Å². The van der Waals surface area contributed by atoms with Crippen LogP contribution < -0.4 is 0 Å². The van der Waals surface area contributed by atoms with E-state index in [2.05, 4.69) is 4.98 Å². The number of rotatable bonds is 2. The number of hydrogen-bond acceptors (Lipinski definition) is 5. The third-order valence-electron chi connectivity index (χ3n) is 0.985. The lowest BCUT2D eigenvalue weighted by Gasteiger charge is -1.86. The first-order chi connectivity index (χ1) is 5.52. The highest BCUT2D eigenvalue weighted by Gasteiger charge is 2.23. The predicted octanol–water partition coefficient (Wildman–Crippen LogP) is 0.831. The van der Waals surface area contributed by atoms with E-state index in [1.54, 1.807) is 22.6 Å². The summed E-state index contributed by atoms with van der Waals surface area (Å²) in [7, 11) is 0. The number of nitro groups is 2. The molecule has 9 heteroatoms. The van der Waals surface area contributed by atoms with Crippen molar-refractivity contribution in [3.05, 3.63) is 23.9 Å². The van der Waals surface area contributed by atoms with E-state index in [4.69, 9.17) is 0 Å². The summed E-state index contributed by atoms with van der Waals surface area (Å²) in [5.74, 6) is -1.08. The predicted molar refractivity (Wildman–Crippen MR) is 44.6 cm³/mol. The van der Waals surface area contributed by atoms with E-state index in [1.807, 2.05) is 4.98 Å². The van der Waals surface area contributed by atoms with Gasteiger partial charge in [-0.25, -0.2) is 0 Å². The van der Waals surface area contributed by atoms with Gasteiger partial charge in [-0.15, -0.1) is 0 Å². The van der Waals surface area contributed by atoms with Crippen molar-refractivity contribution in [2.24, 2.45) is 0 Å². The minimum atomic E-state index is -0.824. The molecule has 0 radical (unpaired) electrons. The first-order valence-electron chi connectivity index (χ1n) is 2.56. The Morgan fingerprint density at radius 3 is 2.17 bits per heavy atom. The fourth-order valence-corrected chi connectivity index (χ4v) is 1.10. The third kappa shape index (κ3) is 1.49. The van der Waals surface area contributed by atoms with E-state index < -0.39 is 21.6 Å². The van der Waals surface area contributed by atoms with E-state index in [1.165, 1.54) is 0 Å². The first-order valence-corrected chi connectivity index (χ1v) is 3.64. The Bertz CT molecular complexity index is 346. The van der Waals surface area contributed by atoms with Crippen LogP contribution in [0, 0.1) is 23.9 Å². The van der Waals surface area contributed by atoms with E-state index >= 15 is 0 Å². The van der Waals surface area contributed by atoms with Crippen molar-refractivity contribution in [1.82, 2.24) is 9.97 Å². The quantitative estimate of drug-likeness (QED) is 0.490. The van der Waals surface area contributed by atoms with Gasteiger partial charge in [-0.1, -0.05) is 0 Å². The molecule has 1 heterocycles. The van der Waals surface area contributed by atoms with Crippen molar-refractivity contribution in [1.29, 1.82) is 0 Å². The summed E-state index contributed by atoms with van der Waals surface area (Å²) in [6, 6.07) is 0. The van der Waals surface area contributed by atoms with Gasteiger partial charge >= 0.3 is 11.8 Å². The van der Waals surface area contributed by atoms with Gasteiger partial charge in [0.1, 0.15) is 0 Å². The van der Waals surface area contributed by atoms with E-state index in [-0.39, 0.29) is 3.70 Å². The molecule has 1 rings (SSSR count). The summed E-state index contributed by atoms with van der Waals surface area (Å²) < 4.78 is -0.0238. The highest BCUT2D eigenvalue weighted by molar-refractivity contribution is 14.1. The molecule has 0 spiro atoms. The van der Waals surface area contributed by atoms with Crippen LogP contribution in [-0.4, -0.2) is 19.8 Å². The molecule has 1 aromatic rings. The number of hydrogen-bond donors (Lipinski definition) is 1. The van der Waals surface area contributed by atoms with Crippen LogP contribution in [0.2, 0.25) is 0 Å². The van der Waals surface area contributed by atoms with Crippen LogP contribution in [0.3, 0.4) is 0 Å². The summed E-state index contributed by atoms with van der Waals surface area (Å²) in [5, 5.41) is 20.2. The summed E-state index contributed by atoms with van der Waals surface area (Å²) in [5.41, 5.74) is 0. The van der Waals surface area contributed by atoms with Crippen LogP contribution in [0.15, 0.2) is 0 Å². The van der Waals surface area contributed by atoms with Crippen molar-refractivity contribution < 1.29 is 9.85 Å². The normalized spacial score (nSPS) is 9.75. The standard InChI is InChI=1S/C3HIN4O4/c4-1-2(7(9)10)6-3(5-1)8(11)12/h(H,5,6). The molecule has 0 aliphatic rings. The van der Waals surface area contributed by atoms with Gasteiger partial charge in [0.25, 0.3) is 3.70 Å². The second-order valence-electron chi connectivity index (χ2n) is 1.71. The maximum atomic E-state index is 10.2. The SMILES string of the molecule is O=[N+]([O-])c1nc(I)c([N+](=O)[O-])[nH]1. The van der Waals surface area contributed by atoms with Crippen LogP contribution in [0.5, 0.6) is 0 Å². The molecule has 1 N–H and O–H groups in total. The fourth-order valence-electron chi connectivity index (χ4n) is 0.539. The van der Waals surface area contributed by atoms with Crippen LogP contribution in [0.25, 0.3) is 0 Å². The van der Waals surface area contributed by atoms with Gasteiger partial charge < -0.3 is 20.2 Å². The molecule has 0 saturated heterocycles. The van der Waals surface area contributed by atoms with Gasteiger partial charge in [0, 0.05) is 22.6 Å². The Morgan fingerprint density at radius 2 is 1.92 bits per heavy atom. The highest BCUT2D eigenvalue weighted by atomic mass is 127. The molecule has 0 fully saturated rings. The Hall–Kier alpha value is -1.26. The Kier molecular flexibility index (Phi) is 2.21. The summed E-state index contributed by atoms with van der Waals surface area (Å²) in [6.07, 6.45) is 0. The second-order valence-corrected chi connectivity index (χ2v) is 2.74. The molecule has 8 nitrogen and oxygen atoms in total. The Balaban J connectivity index is 3.17. The molecule has 0 atom stereocenters. The fraction of sp³-hybridized carbons (Fsp3) is 0. The second kappa shape index (κ2) is 3.00. The molecular formula is C3HIN4O4. The zero-order valence-corrected chi connectivity index (χ0v) is 7.51. The molecule has 0 amide bonds. The van der Waals surface area contributed by atoms with Crippen molar-refractivity contribution in [3.63, 3.8) is 0 Å². The Morgan fingerprint density at radius 1 is 1.33 bits per heavy atom. The minimum absolute atomic E-state index is 0.0238. The van der Waals surface area contributed by atoms with Crippen LogP contribution in [0.4, 0.5) is 11.8 Å². The molecule has 0 unspecified atom stereocenters. The van der Waals surface area contributed by atoms with Crippen LogP contribution in [0.1, 0.15) is 0 Å². The number of nitrogens with zero attached hydrogens (tertiary/aromatic N) is 3. The van der Waals surface area contributed by atoms with Gasteiger partial charge in [0.2, 0.25) is 0 Å². The molecule has 12 heavy (non-hydrogen) atoms.